The van der Waals surface area contributed by atoms with Gasteiger partial charge in [-0.3, -0.25) is 0 Å². The lowest BCUT2D eigenvalue weighted by Gasteiger charge is -2.33. The van der Waals surface area contributed by atoms with Crippen molar-refractivity contribution in [3.63, 3.8) is 0 Å². The van der Waals surface area contributed by atoms with E-state index in [0.717, 1.165) is 19.4 Å². The Labute approximate surface area is 113 Å². The molecule has 0 aromatic heterocycles. The fourth-order valence-electron chi connectivity index (χ4n) is 2.85. The van der Waals surface area contributed by atoms with Crippen molar-refractivity contribution in [2.45, 2.75) is 72.1 Å². The molecule has 0 unspecified atom stereocenters. The van der Waals surface area contributed by atoms with Crippen molar-refractivity contribution in [2.24, 2.45) is 10.8 Å². The highest BCUT2D eigenvalue weighted by atomic mass is 14.9. The van der Waals surface area contributed by atoms with Crippen LogP contribution in [0.3, 0.4) is 0 Å². The Morgan fingerprint density at radius 2 is 1.83 bits per heavy atom. The van der Waals surface area contributed by atoms with Crippen LogP contribution in [0.25, 0.3) is 0 Å². The van der Waals surface area contributed by atoms with E-state index in [9.17, 15) is 0 Å². The molecule has 0 amide bonds. The molecule has 2 heteroatoms. The van der Waals surface area contributed by atoms with Gasteiger partial charge in [0.15, 0.2) is 0 Å². The largest absolute Gasteiger partial charge is 0.316 e. The Hall–Kier alpha value is -0.550. The van der Waals surface area contributed by atoms with Gasteiger partial charge in [0, 0.05) is 6.54 Å². The van der Waals surface area contributed by atoms with E-state index in [0.29, 0.717) is 5.41 Å². The third-order valence-electron chi connectivity index (χ3n) is 4.32. The maximum atomic E-state index is 8.94. The van der Waals surface area contributed by atoms with E-state index in [1.165, 1.54) is 45.1 Å². The zero-order chi connectivity index (χ0) is 13.5. The zero-order valence-corrected chi connectivity index (χ0v) is 12.5. The molecule has 0 saturated heterocycles. The molecule has 0 aromatic carbocycles. The van der Waals surface area contributed by atoms with E-state index < -0.39 is 0 Å². The molecule has 1 fully saturated rings. The lowest BCUT2D eigenvalue weighted by Crippen LogP contribution is -2.34. The van der Waals surface area contributed by atoms with Crippen LogP contribution in [0.4, 0.5) is 0 Å². The molecule has 1 N–H and O–H groups in total. The number of nitriles is 1. The van der Waals surface area contributed by atoms with Crippen LogP contribution in [-0.2, 0) is 0 Å². The highest BCUT2D eigenvalue weighted by molar-refractivity contribution is 4.91. The quantitative estimate of drug-likeness (QED) is 0.685. The van der Waals surface area contributed by atoms with Crippen LogP contribution in [0.1, 0.15) is 72.1 Å². The second-order valence-electron chi connectivity index (χ2n) is 7.00. The molecular formula is C16H30N2. The number of hydrogen-bond donors (Lipinski definition) is 1. The molecule has 0 radical (unpaired) electrons. The second-order valence-corrected chi connectivity index (χ2v) is 7.00. The number of hydrogen-bond acceptors (Lipinski definition) is 2. The molecular weight excluding hydrogens is 220 g/mol. The maximum Gasteiger partial charge on any atom is 0.0683 e. The van der Waals surface area contributed by atoms with Crippen molar-refractivity contribution < 1.29 is 0 Å². The van der Waals surface area contributed by atoms with Crippen molar-refractivity contribution in [3.05, 3.63) is 0 Å². The summed E-state index contributed by atoms with van der Waals surface area (Å²) in [5.41, 5.74) is 0.402. The van der Waals surface area contributed by atoms with E-state index in [1.807, 2.05) is 13.8 Å². The van der Waals surface area contributed by atoms with Crippen LogP contribution in [0.2, 0.25) is 0 Å². The van der Waals surface area contributed by atoms with Crippen molar-refractivity contribution in [2.75, 3.05) is 13.1 Å². The highest BCUT2D eigenvalue weighted by Gasteiger charge is 2.25. The minimum Gasteiger partial charge on any atom is -0.316 e. The van der Waals surface area contributed by atoms with E-state index in [4.69, 9.17) is 5.26 Å². The Morgan fingerprint density at radius 3 is 2.44 bits per heavy atom. The number of nitrogens with one attached hydrogen (secondary N) is 1. The van der Waals surface area contributed by atoms with Gasteiger partial charge in [-0.25, -0.2) is 0 Å². The lowest BCUT2D eigenvalue weighted by molar-refractivity contribution is 0.207. The van der Waals surface area contributed by atoms with Gasteiger partial charge in [0.2, 0.25) is 0 Å². The summed E-state index contributed by atoms with van der Waals surface area (Å²) in [6.07, 6.45) is 10.4. The fourth-order valence-corrected chi connectivity index (χ4v) is 2.85. The summed E-state index contributed by atoms with van der Waals surface area (Å²) >= 11 is 0. The molecule has 0 atom stereocenters. The Balaban J connectivity index is 2.03. The van der Waals surface area contributed by atoms with Crippen LogP contribution >= 0.6 is 0 Å². The van der Waals surface area contributed by atoms with E-state index in [-0.39, 0.29) is 5.41 Å². The van der Waals surface area contributed by atoms with Gasteiger partial charge in [0.25, 0.3) is 0 Å². The smallest absolute Gasteiger partial charge is 0.0683 e. The molecule has 1 aliphatic carbocycles. The van der Waals surface area contributed by atoms with Crippen molar-refractivity contribution in [1.82, 2.24) is 5.32 Å². The third kappa shape index (κ3) is 5.87. The number of nitrogens with zero attached hydrogens (tertiary/aromatic N) is 1. The molecule has 1 aliphatic rings. The molecule has 2 nitrogen and oxygen atoms in total. The molecule has 0 bridgehead atoms. The summed E-state index contributed by atoms with van der Waals surface area (Å²) in [7, 11) is 0. The van der Waals surface area contributed by atoms with Crippen molar-refractivity contribution >= 4 is 0 Å². The molecule has 0 aromatic rings. The van der Waals surface area contributed by atoms with Gasteiger partial charge in [-0.2, -0.15) is 5.26 Å². The van der Waals surface area contributed by atoms with Crippen molar-refractivity contribution in [3.8, 4) is 6.07 Å². The van der Waals surface area contributed by atoms with Gasteiger partial charge in [-0.15, -0.1) is 0 Å². The minimum absolute atomic E-state index is 0.144. The predicted octanol–water partition coefficient (Wildman–Crippen LogP) is 4.27. The highest BCUT2D eigenvalue weighted by Crippen LogP contribution is 2.34. The molecule has 0 aliphatic heterocycles. The summed E-state index contributed by atoms with van der Waals surface area (Å²) in [4.78, 5) is 0. The average Bonchev–Trinajstić information content (AvgIpc) is 2.34. The summed E-state index contributed by atoms with van der Waals surface area (Å²) < 4.78 is 0. The van der Waals surface area contributed by atoms with Crippen LogP contribution in [0, 0.1) is 22.2 Å². The molecule has 0 spiro atoms. The third-order valence-corrected chi connectivity index (χ3v) is 4.32. The lowest BCUT2D eigenvalue weighted by atomic mass is 9.76. The Morgan fingerprint density at radius 1 is 1.17 bits per heavy atom. The summed E-state index contributed by atoms with van der Waals surface area (Å²) in [6, 6.07) is 2.37. The first kappa shape index (κ1) is 15.5. The zero-order valence-electron chi connectivity index (χ0n) is 12.5. The van der Waals surface area contributed by atoms with Gasteiger partial charge < -0.3 is 5.32 Å². The van der Waals surface area contributed by atoms with Crippen molar-refractivity contribution in [1.29, 1.82) is 5.26 Å². The second kappa shape index (κ2) is 7.14. The van der Waals surface area contributed by atoms with Gasteiger partial charge >= 0.3 is 0 Å². The van der Waals surface area contributed by atoms with Gasteiger partial charge in [-0.1, -0.05) is 32.6 Å². The number of rotatable bonds is 7. The molecule has 18 heavy (non-hydrogen) atoms. The molecule has 104 valence electrons. The first-order chi connectivity index (χ1) is 8.47. The standard InChI is InChI=1S/C16H30N2/c1-15(2,13-17)9-7-8-12-18-14-16(3)10-5-4-6-11-16/h18H,4-12,14H2,1-3H3. The summed E-state index contributed by atoms with van der Waals surface area (Å²) in [5.74, 6) is 0. The number of unbranched alkanes of at least 4 members (excludes halogenated alkanes) is 1. The molecule has 1 saturated carbocycles. The monoisotopic (exact) mass is 250 g/mol. The minimum atomic E-state index is -0.144. The van der Waals surface area contributed by atoms with Gasteiger partial charge in [-0.05, 0) is 51.5 Å². The van der Waals surface area contributed by atoms with Crippen LogP contribution in [0.5, 0.6) is 0 Å². The van der Waals surface area contributed by atoms with Crippen LogP contribution in [0.15, 0.2) is 0 Å². The predicted molar refractivity (Wildman–Crippen MR) is 77.3 cm³/mol. The van der Waals surface area contributed by atoms with Crippen LogP contribution < -0.4 is 5.32 Å². The molecule has 1 rings (SSSR count). The van der Waals surface area contributed by atoms with Gasteiger partial charge in [0.05, 0.1) is 11.5 Å². The average molecular weight is 250 g/mol. The topological polar surface area (TPSA) is 35.8 Å². The van der Waals surface area contributed by atoms with E-state index in [2.05, 4.69) is 18.3 Å². The summed E-state index contributed by atoms with van der Waals surface area (Å²) in [6.45, 7) is 8.77. The van der Waals surface area contributed by atoms with Crippen LogP contribution in [-0.4, -0.2) is 13.1 Å². The maximum absolute atomic E-state index is 8.94. The molecule has 0 heterocycles. The Kier molecular flexibility index (Phi) is 6.15. The first-order valence-electron chi connectivity index (χ1n) is 7.59. The fraction of sp³-hybridized carbons (Fsp3) is 0.938. The van der Waals surface area contributed by atoms with Gasteiger partial charge in [0.1, 0.15) is 0 Å². The van der Waals surface area contributed by atoms with E-state index in [1.54, 1.807) is 0 Å². The Bertz CT molecular complexity index is 269. The summed E-state index contributed by atoms with van der Waals surface area (Å²) in [5, 5.41) is 12.6. The normalized spacial score (nSPS) is 19.4. The van der Waals surface area contributed by atoms with E-state index >= 15 is 0 Å². The SMILES string of the molecule is CC(C)(C#N)CCCCNCC1(C)CCCCC1. The first-order valence-corrected chi connectivity index (χ1v) is 7.59.